The summed E-state index contributed by atoms with van der Waals surface area (Å²) in [6.07, 6.45) is 0. The molecule has 0 aliphatic heterocycles. The van der Waals surface area contributed by atoms with E-state index >= 15 is 0 Å². The molecule has 0 saturated heterocycles. The number of Topliss-reactive ketones (excluding diaryl/α,β-unsaturated/α-hetero) is 2. The van der Waals surface area contributed by atoms with Crippen molar-refractivity contribution < 1.29 is 9.59 Å². The highest BCUT2D eigenvalue weighted by Gasteiger charge is 2.12. The normalized spacial score (nSPS) is 10.8. The van der Waals surface area contributed by atoms with Gasteiger partial charge in [-0.05, 0) is 21.9 Å². The van der Waals surface area contributed by atoms with E-state index < -0.39 is 0 Å². The molecule has 0 aromatic heterocycles. The first-order valence-corrected chi connectivity index (χ1v) is 9.70. The van der Waals surface area contributed by atoms with Crippen molar-refractivity contribution in [1.82, 2.24) is 0 Å². The zero-order valence-corrected chi connectivity index (χ0v) is 15.9. The van der Waals surface area contributed by atoms with Gasteiger partial charge >= 0.3 is 0 Å². The molecule has 0 aliphatic rings. The number of hydrogen-bond acceptors (Lipinski definition) is 2. The van der Waals surface area contributed by atoms with Crippen molar-refractivity contribution in [1.29, 1.82) is 0 Å². The van der Waals surface area contributed by atoms with Crippen molar-refractivity contribution in [2.45, 2.75) is 0 Å². The summed E-state index contributed by atoms with van der Waals surface area (Å²) in [4.78, 5) is 23.9. The number of halogens is 2. The molecule has 4 heteroatoms. The van der Waals surface area contributed by atoms with Gasteiger partial charge in [-0.25, -0.2) is 0 Å². The Bertz CT molecular complexity index is 915. The maximum Gasteiger partial charge on any atom is 0.173 e. The van der Waals surface area contributed by atoms with Crippen LogP contribution >= 0.6 is 31.9 Å². The lowest BCUT2D eigenvalue weighted by Gasteiger charge is -2.11. The van der Waals surface area contributed by atoms with E-state index in [0.29, 0.717) is 16.2 Å². The van der Waals surface area contributed by atoms with Crippen LogP contribution in [0.15, 0.2) is 60.7 Å². The third-order valence-electron chi connectivity index (χ3n) is 3.99. The fourth-order valence-electron chi connectivity index (χ4n) is 2.78. The summed E-state index contributed by atoms with van der Waals surface area (Å²) < 4.78 is 0. The highest BCUT2D eigenvalue weighted by molar-refractivity contribution is 9.09. The minimum absolute atomic E-state index is 0.0599. The summed E-state index contributed by atoms with van der Waals surface area (Å²) in [5, 5.41) is 2.60. The maximum atomic E-state index is 12.1. The van der Waals surface area contributed by atoms with Gasteiger partial charge in [-0.1, -0.05) is 92.5 Å². The third kappa shape index (κ3) is 3.21. The van der Waals surface area contributed by atoms with Gasteiger partial charge in [0, 0.05) is 11.1 Å². The average Bonchev–Trinajstić information content (AvgIpc) is 2.66. The summed E-state index contributed by atoms with van der Waals surface area (Å²) in [7, 11) is 0. The molecule has 3 aromatic carbocycles. The van der Waals surface area contributed by atoms with Crippen molar-refractivity contribution in [3.05, 3.63) is 71.8 Å². The molecule has 0 bridgehead atoms. The number of carbonyl (C=O) groups excluding carboxylic acids is 2. The molecule has 0 N–H and O–H groups in total. The Kier molecular flexibility index (Phi) is 5.27. The Morgan fingerprint density at radius 1 is 0.708 bits per heavy atom. The first-order chi connectivity index (χ1) is 11.7. The largest absolute Gasteiger partial charge is 0.293 e. The van der Waals surface area contributed by atoms with E-state index in [1.165, 1.54) is 0 Å². The van der Waals surface area contributed by atoms with Crippen LogP contribution < -0.4 is 0 Å². The summed E-state index contributed by atoms with van der Waals surface area (Å²) in [6, 6.07) is 19.3. The third-order valence-corrected chi connectivity index (χ3v) is 5.00. The van der Waals surface area contributed by atoms with Gasteiger partial charge in [-0.2, -0.15) is 0 Å². The number of hydrogen-bond donors (Lipinski definition) is 0. The minimum atomic E-state index is 0.0599. The lowest BCUT2D eigenvalue weighted by atomic mass is 9.93. The number of ketones is 2. The smallest absolute Gasteiger partial charge is 0.173 e. The van der Waals surface area contributed by atoms with Gasteiger partial charge in [0.25, 0.3) is 0 Å². The molecule has 120 valence electrons. The van der Waals surface area contributed by atoms with E-state index in [4.69, 9.17) is 0 Å². The summed E-state index contributed by atoms with van der Waals surface area (Å²) in [6.45, 7) is 0. The number of fused-ring (bicyclic) bond motifs is 1. The Hall–Kier alpha value is -1.78. The second-order valence-electron chi connectivity index (χ2n) is 5.40. The van der Waals surface area contributed by atoms with Crippen molar-refractivity contribution in [2.75, 3.05) is 10.7 Å². The first-order valence-electron chi connectivity index (χ1n) is 7.46. The predicted molar refractivity (Wildman–Crippen MR) is 106 cm³/mol. The minimum Gasteiger partial charge on any atom is -0.293 e. The van der Waals surface area contributed by atoms with Crippen LogP contribution in [-0.4, -0.2) is 22.2 Å². The summed E-state index contributed by atoms with van der Waals surface area (Å²) in [5.74, 6) is 0.126. The molecule has 0 fully saturated rings. The fraction of sp³-hybridized carbons (Fsp3) is 0.100. The highest BCUT2D eigenvalue weighted by Crippen LogP contribution is 2.31. The molecule has 24 heavy (non-hydrogen) atoms. The number of carbonyl (C=O) groups is 2. The first kappa shape index (κ1) is 17.1. The Labute approximate surface area is 157 Å². The van der Waals surface area contributed by atoms with Crippen molar-refractivity contribution >= 4 is 54.2 Å². The van der Waals surface area contributed by atoms with Crippen molar-refractivity contribution in [3.63, 3.8) is 0 Å². The fourth-order valence-corrected chi connectivity index (χ4v) is 3.40. The quantitative estimate of drug-likeness (QED) is 0.375. The molecular weight excluding hydrogens is 432 g/mol. The second kappa shape index (κ2) is 7.41. The molecule has 0 amide bonds. The van der Waals surface area contributed by atoms with E-state index in [1.807, 2.05) is 60.7 Å². The number of rotatable bonds is 5. The van der Waals surface area contributed by atoms with Gasteiger partial charge in [0.1, 0.15) is 0 Å². The van der Waals surface area contributed by atoms with Gasteiger partial charge in [0.15, 0.2) is 11.6 Å². The molecule has 3 aromatic rings. The molecule has 0 aliphatic carbocycles. The van der Waals surface area contributed by atoms with E-state index in [-0.39, 0.29) is 11.6 Å². The lowest BCUT2D eigenvalue weighted by molar-refractivity contribution is 0.101. The van der Waals surface area contributed by atoms with Crippen LogP contribution in [0.4, 0.5) is 0 Å². The van der Waals surface area contributed by atoms with Crippen LogP contribution in [0.2, 0.25) is 0 Å². The zero-order chi connectivity index (χ0) is 17.1. The van der Waals surface area contributed by atoms with Crippen LogP contribution in [0.5, 0.6) is 0 Å². The summed E-state index contributed by atoms with van der Waals surface area (Å²) in [5.41, 5.74) is 3.48. The predicted octanol–water partition coefficient (Wildman–Crippen LogP) is 5.66. The van der Waals surface area contributed by atoms with Crippen molar-refractivity contribution in [3.8, 4) is 11.1 Å². The topological polar surface area (TPSA) is 34.1 Å². The molecule has 0 unspecified atom stereocenters. The van der Waals surface area contributed by atoms with E-state index in [9.17, 15) is 9.59 Å². The SMILES string of the molecule is O=C(CBr)c1ccc(-c2ccc(C(=O)CBr)c3ccccc23)cc1. The number of alkyl halides is 2. The van der Waals surface area contributed by atoms with Crippen LogP contribution in [0.25, 0.3) is 21.9 Å². The van der Waals surface area contributed by atoms with Gasteiger partial charge < -0.3 is 0 Å². The lowest BCUT2D eigenvalue weighted by Crippen LogP contribution is -2.01. The van der Waals surface area contributed by atoms with Crippen LogP contribution in [0.3, 0.4) is 0 Å². The molecule has 0 heterocycles. The van der Waals surface area contributed by atoms with Gasteiger partial charge in [0.2, 0.25) is 0 Å². The maximum absolute atomic E-state index is 12.1. The second-order valence-corrected chi connectivity index (χ2v) is 6.52. The molecule has 0 spiro atoms. The van der Waals surface area contributed by atoms with Gasteiger partial charge in [-0.3, -0.25) is 9.59 Å². The van der Waals surface area contributed by atoms with E-state index in [0.717, 1.165) is 27.5 Å². The van der Waals surface area contributed by atoms with Crippen LogP contribution in [-0.2, 0) is 0 Å². The van der Waals surface area contributed by atoms with Gasteiger partial charge in [-0.15, -0.1) is 0 Å². The average molecular weight is 446 g/mol. The molecule has 0 saturated carbocycles. The van der Waals surface area contributed by atoms with E-state index in [2.05, 4.69) is 31.9 Å². The van der Waals surface area contributed by atoms with Crippen molar-refractivity contribution in [2.24, 2.45) is 0 Å². The zero-order valence-electron chi connectivity index (χ0n) is 12.8. The molecule has 3 rings (SSSR count). The monoisotopic (exact) mass is 444 g/mol. The summed E-state index contributed by atoms with van der Waals surface area (Å²) >= 11 is 6.43. The van der Waals surface area contributed by atoms with Gasteiger partial charge in [0.05, 0.1) is 10.7 Å². The van der Waals surface area contributed by atoms with Crippen LogP contribution in [0.1, 0.15) is 20.7 Å². The molecule has 2 nitrogen and oxygen atoms in total. The molecule has 0 atom stereocenters. The number of benzene rings is 3. The van der Waals surface area contributed by atoms with E-state index in [1.54, 1.807) is 0 Å². The Morgan fingerprint density at radius 2 is 1.33 bits per heavy atom. The Morgan fingerprint density at radius 3 is 1.96 bits per heavy atom. The highest BCUT2D eigenvalue weighted by atomic mass is 79.9. The standard InChI is InChI=1S/C20H14Br2O2/c21-11-19(23)14-7-5-13(6-8-14)15-9-10-18(20(24)12-22)17-4-2-1-3-16(15)17/h1-10H,11-12H2. The van der Waals surface area contributed by atoms with Crippen LogP contribution in [0, 0.1) is 0 Å². The molecular formula is C20H14Br2O2. The molecule has 0 radical (unpaired) electrons. The Balaban J connectivity index is 2.14.